The van der Waals surface area contributed by atoms with Crippen LogP contribution in [-0.4, -0.2) is 15.5 Å². The van der Waals surface area contributed by atoms with Crippen LogP contribution in [0.4, 0.5) is 5.69 Å². The molecule has 0 radical (unpaired) electrons. The molecule has 128 valence electrons. The van der Waals surface area contributed by atoms with Crippen molar-refractivity contribution in [1.82, 2.24) is 9.55 Å². The summed E-state index contributed by atoms with van der Waals surface area (Å²) in [7, 11) is 0. The summed E-state index contributed by atoms with van der Waals surface area (Å²) in [6.07, 6.45) is 1.67. The Kier molecular flexibility index (Phi) is 5.34. The lowest BCUT2D eigenvalue weighted by Crippen LogP contribution is -2.23. The minimum Gasteiger partial charge on any atom is -0.326 e. The fourth-order valence-corrected chi connectivity index (χ4v) is 3.33. The number of hydrogen-bond donors (Lipinski definition) is 1. The van der Waals surface area contributed by atoms with Gasteiger partial charge in [0.2, 0.25) is 5.91 Å². The second kappa shape index (κ2) is 7.49. The van der Waals surface area contributed by atoms with Crippen molar-refractivity contribution in [3.05, 3.63) is 67.6 Å². The third kappa shape index (κ3) is 4.16. The topological polar surface area (TPSA) is 64.0 Å². The van der Waals surface area contributed by atoms with E-state index in [9.17, 15) is 9.59 Å². The van der Waals surface area contributed by atoms with Gasteiger partial charge >= 0.3 is 0 Å². The molecule has 0 aliphatic rings. The van der Waals surface area contributed by atoms with E-state index in [-0.39, 0.29) is 24.4 Å². The van der Waals surface area contributed by atoms with E-state index >= 15 is 0 Å². The van der Waals surface area contributed by atoms with Crippen LogP contribution in [0.2, 0.25) is 0 Å². The highest BCUT2D eigenvalue weighted by molar-refractivity contribution is 9.10. The molecule has 1 N–H and O–H groups in total. The van der Waals surface area contributed by atoms with Gasteiger partial charge in [-0.1, -0.05) is 31.9 Å². The van der Waals surface area contributed by atoms with Crippen molar-refractivity contribution in [1.29, 1.82) is 0 Å². The fourth-order valence-electron chi connectivity index (χ4n) is 2.49. The first-order chi connectivity index (χ1) is 11.9. The molecule has 3 rings (SSSR count). The molecule has 0 bridgehead atoms. The number of hydrogen-bond acceptors (Lipinski definition) is 3. The van der Waals surface area contributed by atoms with Crippen LogP contribution in [0.5, 0.6) is 0 Å². The summed E-state index contributed by atoms with van der Waals surface area (Å²) in [6, 6.07) is 11.0. The Hall–Kier alpha value is -1.99. The lowest BCUT2D eigenvalue weighted by molar-refractivity contribution is -0.116. The Balaban J connectivity index is 1.73. The maximum Gasteiger partial charge on any atom is 0.261 e. The summed E-state index contributed by atoms with van der Waals surface area (Å²) in [4.78, 5) is 29.0. The molecule has 0 aliphatic carbocycles. The van der Waals surface area contributed by atoms with Crippen LogP contribution >= 0.6 is 31.9 Å². The molecular weight excluding hydrogens is 450 g/mol. The lowest BCUT2D eigenvalue weighted by atomic mass is 10.2. The Morgan fingerprint density at radius 2 is 1.88 bits per heavy atom. The molecule has 0 spiro atoms. The van der Waals surface area contributed by atoms with Crippen molar-refractivity contribution in [3.8, 4) is 0 Å². The molecule has 7 heteroatoms. The fraction of sp³-hybridized carbons (Fsp3) is 0.167. The monoisotopic (exact) mass is 463 g/mol. The molecule has 0 atom stereocenters. The SMILES string of the molecule is Cc1cc(Br)ccc1NC(=O)CCn1cnc2ccc(Br)cc2c1=O. The van der Waals surface area contributed by atoms with Gasteiger partial charge in [0.25, 0.3) is 5.56 Å². The predicted molar refractivity (Wildman–Crippen MR) is 106 cm³/mol. The van der Waals surface area contributed by atoms with Crippen LogP contribution in [0.3, 0.4) is 0 Å². The maximum atomic E-state index is 12.5. The zero-order chi connectivity index (χ0) is 18.0. The first-order valence-electron chi connectivity index (χ1n) is 7.65. The van der Waals surface area contributed by atoms with Crippen LogP contribution in [0.25, 0.3) is 10.9 Å². The van der Waals surface area contributed by atoms with Crippen molar-refractivity contribution in [2.75, 3.05) is 5.32 Å². The Bertz CT molecular complexity index is 1010. The molecule has 1 aromatic heterocycles. The van der Waals surface area contributed by atoms with Gasteiger partial charge in [-0.25, -0.2) is 4.98 Å². The normalized spacial score (nSPS) is 10.8. The van der Waals surface area contributed by atoms with Gasteiger partial charge in [0, 0.05) is 27.6 Å². The zero-order valence-electron chi connectivity index (χ0n) is 13.4. The molecule has 3 aromatic rings. The molecule has 1 heterocycles. The van der Waals surface area contributed by atoms with Gasteiger partial charge in [-0.3, -0.25) is 14.2 Å². The summed E-state index contributed by atoms with van der Waals surface area (Å²) in [5, 5.41) is 3.40. The molecule has 0 saturated heterocycles. The summed E-state index contributed by atoms with van der Waals surface area (Å²) in [5.41, 5.74) is 2.22. The predicted octanol–water partition coefficient (Wildman–Crippen LogP) is 4.26. The number of amides is 1. The number of carbonyl (C=O) groups is 1. The highest BCUT2D eigenvalue weighted by Gasteiger charge is 2.08. The highest BCUT2D eigenvalue weighted by Crippen LogP contribution is 2.20. The number of nitrogens with zero attached hydrogens (tertiary/aromatic N) is 2. The highest BCUT2D eigenvalue weighted by atomic mass is 79.9. The minimum absolute atomic E-state index is 0.147. The minimum atomic E-state index is -0.154. The van der Waals surface area contributed by atoms with Crippen molar-refractivity contribution in [3.63, 3.8) is 0 Å². The van der Waals surface area contributed by atoms with Gasteiger partial charge in [-0.15, -0.1) is 0 Å². The summed E-state index contributed by atoms with van der Waals surface area (Å²) < 4.78 is 3.24. The Morgan fingerprint density at radius 3 is 2.64 bits per heavy atom. The Morgan fingerprint density at radius 1 is 1.16 bits per heavy atom. The average molecular weight is 465 g/mol. The number of aromatic nitrogens is 2. The second-order valence-corrected chi connectivity index (χ2v) is 7.49. The van der Waals surface area contributed by atoms with Crippen molar-refractivity contribution >= 4 is 54.4 Å². The molecule has 5 nitrogen and oxygen atoms in total. The van der Waals surface area contributed by atoms with Gasteiger partial charge in [0.05, 0.1) is 17.2 Å². The van der Waals surface area contributed by atoms with Crippen molar-refractivity contribution in [2.45, 2.75) is 19.9 Å². The maximum absolute atomic E-state index is 12.5. The number of carbonyl (C=O) groups excluding carboxylic acids is 1. The first kappa shape index (κ1) is 17.8. The Labute approximate surface area is 161 Å². The average Bonchev–Trinajstić information content (AvgIpc) is 2.57. The zero-order valence-corrected chi connectivity index (χ0v) is 16.6. The largest absolute Gasteiger partial charge is 0.326 e. The smallest absolute Gasteiger partial charge is 0.261 e. The number of nitrogens with one attached hydrogen (secondary N) is 1. The van der Waals surface area contributed by atoms with Gasteiger partial charge in [-0.05, 0) is 48.9 Å². The summed E-state index contributed by atoms with van der Waals surface area (Å²) in [6.45, 7) is 2.20. The third-order valence-corrected chi connectivity index (χ3v) is 4.81. The van der Waals surface area contributed by atoms with Gasteiger partial charge in [0.1, 0.15) is 0 Å². The lowest BCUT2D eigenvalue weighted by Gasteiger charge is -2.10. The van der Waals surface area contributed by atoms with E-state index in [0.717, 1.165) is 20.2 Å². The van der Waals surface area contributed by atoms with Crippen molar-refractivity contribution < 1.29 is 4.79 Å². The molecule has 0 saturated carbocycles. The van der Waals surface area contributed by atoms with Crippen LogP contribution in [0.15, 0.2) is 56.5 Å². The van der Waals surface area contributed by atoms with Crippen molar-refractivity contribution in [2.24, 2.45) is 0 Å². The molecule has 1 amide bonds. The van der Waals surface area contributed by atoms with Crippen LogP contribution < -0.4 is 10.9 Å². The van der Waals surface area contributed by atoms with E-state index in [2.05, 4.69) is 42.2 Å². The van der Waals surface area contributed by atoms with E-state index < -0.39 is 0 Å². The number of anilines is 1. The first-order valence-corrected chi connectivity index (χ1v) is 9.23. The summed E-state index contributed by atoms with van der Waals surface area (Å²) >= 11 is 6.75. The van der Waals surface area contributed by atoms with E-state index in [1.807, 2.05) is 31.2 Å². The van der Waals surface area contributed by atoms with Gasteiger partial charge < -0.3 is 5.32 Å². The molecule has 2 aromatic carbocycles. The summed E-state index contributed by atoms with van der Waals surface area (Å²) in [5.74, 6) is -0.147. The van der Waals surface area contributed by atoms with Crippen LogP contribution in [-0.2, 0) is 11.3 Å². The van der Waals surface area contributed by atoms with E-state index in [0.29, 0.717) is 10.9 Å². The van der Waals surface area contributed by atoms with Crippen LogP contribution in [0, 0.1) is 6.92 Å². The number of rotatable bonds is 4. The number of halogens is 2. The van der Waals surface area contributed by atoms with E-state index in [1.54, 1.807) is 12.1 Å². The number of aryl methyl sites for hydroxylation is 2. The van der Waals surface area contributed by atoms with Gasteiger partial charge in [-0.2, -0.15) is 0 Å². The molecule has 0 unspecified atom stereocenters. The number of benzene rings is 2. The van der Waals surface area contributed by atoms with E-state index in [4.69, 9.17) is 0 Å². The van der Waals surface area contributed by atoms with Crippen LogP contribution in [0.1, 0.15) is 12.0 Å². The number of fused-ring (bicyclic) bond motifs is 1. The van der Waals surface area contributed by atoms with E-state index in [1.165, 1.54) is 10.9 Å². The molecule has 0 fully saturated rings. The van der Waals surface area contributed by atoms with Gasteiger partial charge in [0.15, 0.2) is 0 Å². The second-order valence-electron chi connectivity index (χ2n) is 5.66. The quantitative estimate of drug-likeness (QED) is 0.627. The molecule has 25 heavy (non-hydrogen) atoms. The standard InChI is InChI=1S/C18H15Br2N3O2/c1-11-8-12(19)2-4-15(11)22-17(24)6-7-23-10-21-16-5-3-13(20)9-14(16)18(23)25/h2-5,8-10H,6-7H2,1H3,(H,22,24). The molecule has 0 aliphatic heterocycles. The third-order valence-electron chi connectivity index (χ3n) is 3.83. The molecular formula is C18H15Br2N3O2.